The van der Waals surface area contributed by atoms with Crippen LogP contribution in [0.3, 0.4) is 0 Å². The van der Waals surface area contributed by atoms with Gasteiger partial charge in [0.15, 0.2) is 0 Å². The topological polar surface area (TPSA) is 64.6 Å². The van der Waals surface area contributed by atoms with E-state index in [1.807, 2.05) is 30.3 Å². The van der Waals surface area contributed by atoms with E-state index in [9.17, 15) is 0 Å². The maximum atomic E-state index is 9.05. The molecule has 0 bridgehead atoms. The van der Waals surface area contributed by atoms with Crippen LogP contribution in [0.15, 0.2) is 77.0 Å². The molecule has 0 saturated carbocycles. The van der Waals surface area contributed by atoms with Crippen LogP contribution in [0.4, 0.5) is 16.5 Å². The normalized spacial score (nSPS) is 11.2. The van der Waals surface area contributed by atoms with Crippen LogP contribution in [0.5, 0.6) is 0 Å². The molecule has 3 aromatic carbocycles. The van der Waals surface area contributed by atoms with Crippen LogP contribution in [0.1, 0.15) is 18.4 Å². The van der Waals surface area contributed by atoms with E-state index >= 15 is 0 Å². The fraction of sp³-hybridized carbons (Fsp3) is 0.200. The summed E-state index contributed by atoms with van der Waals surface area (Å²) < 4.78 is 0.914. The maximum absolute atomic E-state index is 9.05. The number of nitrogens with zero attached hydrogens (tertiary/aromatic N) is 5. The number of benzene rings is 3. The van der Waals surface area contributed by atoms with Gasteiger partial charge < -0.3 is 4.90 Å². The van der Waals surface area contributed by atoms with Crippen LogP contribution in [0, 0.1) is 11.3 Å². The third kappa shape index (κ3) is 6.29. The molecule has 0 spiro atoms. The first-order valence-corrected chi connectivity index (χ1v) is 12.1. The summed E-state index contributed by atoms with van der Waals surface area (Å²) in [4.78, 5) is 6.69. The van der Waals surface area contributed by atoms with Crippen molar-refractivity contribution in [1.29, 1.82) is 5.26 Å². The van der Waals surface area contributed by atoms with Gasteiger partial charge in [0.05, 0.1) is 38.4 Å². The lowest BCUT2D eigenvalue weighted by molar-refractivity contribution is 0.730. The number of halogens is 2. The van der Waals surface area contributed by atoms with E-state index in [4.69, 9.17) is 28.5 Å². The van der Waals surface area contributed by atoms with Crippen LogP contribution in [-0.2, 0) is 6.42 Å². The van der Waals surface area contributed by atoms with Crippen molar-refractivity contribution in [2.24, 2.45) is 10.2 Å². The number of hydrogen-bond donors (Lipinski definition) is 0. The van der Waals surface area contributed by atoms with Crippen molar-refractivity contribution >= 4 is 61.3 Å². The second kappa shape index (κ2) is 11.2. The average Bonchev–Trinajstić information content (AvgIpc) is 3.22. The first kappa shape index (κ1) is 23.2. The third-order valence-electron chi connectivity index (χ3n) is 5.11. The van der Waals surface area contributed by atoms with Gasteiger partial charge >= 0.3 is 0 Å². The second-order valence-corrected chi connectivity index (χ2v) is 9.25. The predicted molar refractivity (Wildman–Crippen MR) is 137 cm³/mol. The molecule has 0 aliphatic rings. The van der Waals surface area contributed by atoms with Crippen molar-refractivity contribution in [3.05, 3.63) is 82.3 Å². The van der Waals surface area contributed by atoms with E-state index < -0.39 is 0 Å². The molecule has 166 valence electrons. The van der Waals surface area contributed by atoms with Crippen LogP contribution < -0.4 is 4.90 Å². The minimum atomic E-state index is 0.471. The number of rotatable bonds is 9. The Bertz CT molecular complexity index is 1240. The number of anilines is 1. The number of aryl methyl sites for hydroxylation is 1. The lowest BCUT2D eigenvalue weighted by atomic mass is 10.1. The number of hydrogen-bond acceptors (Lipinski definition) is 6. The van der Waals surface area contributed by atoms with Crippen LogP contribution in [-0.4, -0.2) is 18.1 Å². The smallest absolute Gasteiger partial charge is 0.231 e. The number of thiazole rings is 1. The Hall–Kier alpha value is -2.98. The summed E-state index contributed by atoms with van der Waals surface area (Å²) in [6.45, 7) is 1.58. The highest BCUT2D eigenvalue weighted by atomic mass is 35.5. The molecule has 0 aliphatic heterocycles. The fourth-order valence-electron chi connectivity index (χ4n) is 3.46. The summed E-state index contributed by atoms with van der Waals surface area (Å²) in [5.41, 5.74) is 3.88. The Morgan fingerprint density at radius 2 is 1.70 bits per heavy atom. The number of fused-ring (bicyclic) bond motifs is 1. The molecule has 0 unspecified atom stereocenters. The summed E-state index contributed by atoms with van der Waals surface area (Å²) >= 11 is 13.5. The number of nitriles is 1. The standard InChI is InChI=1S/C25H21Cl2N5S/c26-21-16-23-24(17-22(21)27)33-25(29-23)31-30-19-9-11-20(12-10-19)32(15-5-13-28)14-4-8-18-6-2-1-3-7-18/h1-3,6-7,9-12,16-17H,4-5,8,14-15H2. The van der Waals surface area contributed by atoms with Gasteiger partial charge in [-0.1, -0.05) is 64.9 Å². The van der Waals surface area contributed by atoms with E-state index in [0.717, 1.165) is 41.0 Å². The van der Waals surface area contributed by atoms with E-state index in [1.54, 1.807) is 12.1 Å². The van der Waals surface area contributed by atoms with Crippen molar-refractivity contribution < 1.29 is 0 Å². The minimum absolute atomic E-state index is 0.471. The Balaban J connectivity index is 1.41. The van der Waals surface area contributed by atoms with Crippen molar-refractivity contribution in [3.8, 4) is 6.07 Å². The zero-order chi connectivity index (χ0) is 23.0. The Labute approximate surface area is 206 Å². The lowest BCUT2D eigenvalue weighted by Crippen LogP contribution is -2.25. The largest absolute Gasteiger partial charge is 0.370 e. The number of azo groups is 1. The molecule has 0 radical (unpaired) electrons. The molecule has 0 N–H and O–H groups in total. The summed E-state index contributed by atoms with van der Waals surface area (Å²) in [5.74, 6) is 0. The quantitative estimate of drug-likeness (QED) is 0.220. The highest BCUT2D eigenvalue weighted by molar-refractivity contribution is 7.22. The fourth-order valence-corrected chi connectivity index (χ4v) is 4.65. The highest BCUT2D eigenvalue weighted by Gasteiger charge is 2.08. The highest BCUT2D eigenvalue weighted by Crippen LogP contribution is 2.34. The van der Waals surface area contributed by atoms with Gasteiger partial charge in [-0.05, 0) is 54.8 Å². The van der Waals surface area contributed by atoms with E-state index in [0.29, 0.717) is 28.1 Å². The molecule has 0 aliphatic carbocycles. The Morgan fingerprint density at radius 3 is 2.45 bits per heavy atom. The number of aromatic nitrogens is 1. The van der Waals surface area contributed by atoms with Crippen molar-refractivity contribution in [3.63, 3.8) is 0 Å². The van der Waals surface area contributed by atoms with Gasteiger partial charge in [0.2, 0.25) is 5.13 Å². The zero-order valence-electron chi connectivity index (χ0n) is 17.8. The average molecular weight is 494 g/mol. The lowest BCUT2D eigenvalue weighted by Gasteiger charge is -2.24. The van der Waals surface area contributed by atoms with Gasteiger partial charge in [-0.25, -0.2) is 4.98 Å². The summed E-state index contributed by atoms with van der Waals surface area (Å²) in [7, 11) is 0. The molecule has 33 heavy (non-hydrogen) atoms. The molecule has 5 nitrogen and oxygen atoms in total. The molecule has 1 aromatic heterocycles. The molecule has 1 heterocycles. The third-order valence-corrected chi connectivity index (χ3v) is 6.74. The first-order chi connectivity index (χ1) is 16.1. The Kier molecular flexibility index (Phi) is 7.90. The Morgan fingerprint density at radius 1 is 0.939 bits per heavy atom. The second-order valence-electron chi connectivity index (χ2n) is 7.43. The van der Waals surface area contributed by atoms with E-state index in [-0.39, 0.29) is 0 Å². The molecule has 8 heteroatoms. The maximum Gasteiger partial charge on any atom is 0.231 e. The van der Waals surface area contributed by atoms with E-state index in [1.165, 1.54) is 16.9 Å². The van der Waals surface area contributed by atoms with Gasteiger partial charge in [0.1, 0.15) is 0 Å². The van der Waals surface area contributed by atoms with Crippen LogP contribution in [0.25, 0.3) is 10.2 Å². The van der Waals surface area contributed by atoms with E-state index in [2.05, 4.69) is 50.4 Å². The summed E-state index contributed by atoms with van der Waals surface area (Å²) in [5, 5.41) is 19.1. The monoisotopic (exact) mass is 493 g/mol. The van der Waals surface area contributed by atoms with Gasteiger partial charge in [-0.15, -0.1) is 10.2 Å². The molecule has 0 atom stereocenters. The molecule has 0 saturated heterocycles. The van der Waals surface area contributed by atoms with Crippen LogP contribution in [0.2, 0.25) is 10.0 Å². The minimum Gasteiger partial charge on any atom is -0.370 e. The molecular formula is C25H21Cl2N5S. The first-order valence-electron chi connectivity index (χ1n) is 10.6. The van der Waals surface area contributed by atoms with Crippen molar-refractivity contribution in [1.82, 2.24) is 4.98 Å². The van der Waals surface area contributed by atoms with Gasteiger partial charge in [0, 0.05) is 18.8 Å². The SMILES string of the molecule is N#CCCN(CCCc1ccccc1)c1ccc(N=Nc2nc3cc(Cl)c(Cl)cc3s2)cc1. The van der Waals surface area contributed by atoms with Gasteiger partial charge in [-0.2, -0.15) is 5.26 Å². The summed E-state index contributed by atoms with van der Waals surface area (Å²) in [6, 6.07) is 24.1. The van der Waals surface area contributed by atoms with Gasteiger partial charge in [0.25, 0.3) is 0 Å². The molecule has 0 fully saturated rings. The van der Waals surface area contributed by atoms with Crippen molar-refractivity contribution in [2.75, 3.05) is 18.0 Å². The van der Waals surface area contributed by atoms with Crippen molar-refractivity contribution in [2.45, 2.75) is 19.3 Å². The summed E-state index contributed by atoms with van der Waals surface area (Å²) in [6.07, 6.45) is 2.51. The molecule has 4 rings (SSSR count). The molecular weight excluding hydrogens is 473 g/mol. The predicted octanol–water partition coefficient (Wildman–Crippen LogP) is 8.37. The zero-order valence-corrected chi connectivity index (χ0v) is 20.1. The van der Waals surface area contributed by atoms with Crippen LogP contribution >= 0.6 is 34.5 Å². The molecule has 0 amide bonds. The van der Waals surface area contributed by atoms with Gasteiger partial charge in [-0.3, -0.25) is 0 Å². The molecule has 4 aromatic rings.